The highest BCUT2D eigenvalue weighted by Crippen LogP contribution is 2.27. The first-order valence-corrected chi connectivity index (χ1v) is 7.36. The summed E-state index contributed by atoms with van der Waals surface area (Å²) in [4.78, 5) is 16.0. The number of thiophene rings is 1. The minimum absolute atomic E-state index is 0.171. The molecule has 0 atom stereocenters. The highest BCUT2D eigenvalue weighted by Gasteiger charge is 2.20. The molecule has 1 aliphatic rings. The minimum atomic E-state index is 0.171. The van der Waals surface area contributed by atoms with E-state index >= 15 is 0 Å². The molecule has 0 aromatic carbocycles. The van der Waals surface area contributed by atoms with Crippen LogP contribution in [0.25, 0.3) is 0 Å². The van der Waals surface area contributed by atoms with Gasteiger partial charge in [-0.05, 0) is 42.0 Å². The Morgan fingerprint density at radius 1 is 1.42 bits per heavy atom. The average Bonchev–Trinajstić information content (AvgIpc) is 2.85. The zero-order valence-electron chi connectivity index (χ0n) is 10.5. The first kappa shape index (κ1) is 12.6. The van der Waals surface area contributed by atoms with Crippen LogP contribution in [0.4, 0.5) is 5.95 Å². The fourth-order valence-corrected chi connectivity index (χ4v) is 3.11. The topological polar surface area (TPSA) is 51.1 Å². The van der Waals surface area contributed by atoms with Crippen LogP contribution in [0.3, 0.4) is 0 Å². The molecular weight excluding hydrogens is 284 g/mol. The summed E-state index contributed by atoms with van der Waals surface area (Å²) in [7, 11) is 0. The molecule has 0 saturated carbocycles. The third kappa shape index (κ3) is 2.64. The van der Waals surface area contributed by atoms with Gasteiger partial charge in [-0.2, -0.15) is 15.0 Å². The van der Waals surface area contributed by atoms with Crippen molar-refractivity contribution in [2.24, 2.45) is 0 Å². The average molecular weight is 297 g/mol. The molecule has 0 radical (unpaired) electrons. The van der Waals surface area contributed by atoms with Crippen LogP contribution in [0.15, 0.2) is 11.4 Å². The van der Waals surface area contributed by atoms with Gasteiger partial charge in [-0.25, -0.2) is 0 Å². The largest absolute Gasteiger partial charge is 0.464 e. The molecule has 100 valence electrons. The number of anilines is 1. The van der Waals surface area contributed by atoms with Gasteiger partial charge in [0.15, 0.2) is 0 Å². The first-order valence-electron chi connectivity index (χ1n) is 6.11. The maximum absolute atomic E-state index is 5.92. The summed E-state index contributed by atoms with van der Waals surface area (Å²) < 4.78 is 5.30. The van der Waals surface area contributed by atoms with Crippen molar-refractivity contribution < 1.29 is 4.74 Å². The van der Waals surface area contributed by atoms with E-state index in [1.807, 2.05) is 6.92 Å². The quantitative estimate of drug-likeness (QED) is 0.871. The molecule has 0 amide bonds. The predicted molar refractivity (Wildman–Crippen MR) is 75.1 cm³/mol. The summed E-state index contributed by atoms with van der Waals surface area (Å²) in [6.45, 7) is 4.09. The van der Waals surface area contributed by atoms with E-state index in [0.717, 1.165) is 19.5 Å². The molecule has 0 N–H and O–H groups in total. The standard InChI is InChI=1S/C12H13ClN4OS/c1-2-18-12-15-10(13)14-11(16-12)17-5-3-9-8(7-17)4-6-19-9/h4,6H,2-3,5,7H2,1H3. The van der Waals surface area contributed by atoms with Gasteiger partial charge < -0.3 is 9.64 Å². The van der Waals surface area contributed by atoms with E-state index in [1.54, 1.807) is 11.3 Å². The number of aromatic nitrogens is 3. The molecule has 5 nitrogen and oxygen atoms in total. The van der Waals surface area contributed by atoms with E-state index in [1.165, 1.54) is 10.4 Å². The lowest BCUT2D eigenvalue weighted by Gasteiger charge is -2.26. The summed E-state index contributed by atoms with van der Waals surface area (Å²) in [6, 6.07) is 2.44. The number of rotatable bonds is 3. The number of hydrogen-bond acceptors (Lipinski definition) is 6. The fraction of sp³-hybridized carbons (Fsp3) is 0.417. The van der Waals surface area contributed by atoms with E-state index in [4.69, 9.17) is 16.3 Å². The number of halogens is 1. The second-order valence-electron chi connectivity index (χ2n) is 4.16. The summed E-state index contributed by atoms with van der Waals surface area (Å²) in [5.41, 5.74) is 1.34. The van der Waals surface area contributed by atoms with Crippen LogP contribution in [0.1, 0.15) is 17.4 Å². The summed E-state index contributed by atoms with van der Waals surface area (Å²) >= 11 is 7.72. The lowest BCUT2D eigenvalue weighted by atomic mass is 10.1. The fourth-order valence-electron chi connectivity index (χ4n) is 2.08. The maximum atomic E-state index is 5.92. The van der Waals surface area contributed by atoms with E-state index in [-0.39, 0.29) is 11.3 Å². The number of nitrogens with zero attached hydrogens (tertiary/aromatic N) is 4. The van der Waals surface area contributed by atoms with Crippen LogP contribution in [-0.2, 0) is 13.0 Å². The lowest BCUT2D eigenvalue weighted by molar-refractivity contribution is 0.311. The third-order valence-corrected chi connectivity index (χ3v) is 4.13. The second-order valence-corrected chi connectivity index (χ2v) is 5.50. The Labute approximate surface area is 120 Å². The van der Waals surface area contributed by atoms with Crippen molar-refractivity contribution in [1.29, 1.82) is 0 Å². The van der Waals surface area contributed by atoms with E-state index < -0.39 is 0 Å². The Balaban J connectivity index is 1.87. The SMILES string of the molecule is CCOc1nc(Cl)nc(N2CCc3sccc3C2)n1. The number of fused-ring (bicyclic) bond motifs is 1. The van der Waals surface area contributed by atoms with E-state index in [2.05, 4.69) is 31.3 Å². The van der Waals surface area contributed by atoms with Crippen molar-refractivity contribution in [3.63, 3.8) is 0 Å². The summed E-state index contributed by atoms with van der Waals surface area (Å²) in [6.07, 6.45) is 1.01. The number of hydrogen-bond donors (Lipinski definition) is 0. The number of ether oxygens (including phenoxy) is 1. The second kappa shape index (κ2) is 5.30. The first-order chi connectivity index (χ1) is 9.26. The van der Waals surface area contributed by atoms with Gasteiger partial charge in [-0.15, -0.1) is 11.3 Å². The lowest BCUT2D eigenvalue weighted by Crippen LogP contribution is -2.31. The van der Waals surface area contributed by atoms with Crippen molar-refractivity contribution in [3.05, 3.63) is 27.2 Å². The van der Waals surface area contributed by atoms with Gasteiger partial charge >= 0.3 is 6.01 Å². The molecule has 0 spiro atoms. The van der Waals surface area contributed by atoms with Crippen LogP contribution in [0.2, 0.25) is 5.28 Å². The molecule has 7 heteroatoms. The van der Waals surface area contributed by atoms with Crippen LogP contribution in [-0.4, -0.2) is 28.1 Å². The molecule has 0 unspecified atom stereocenters. The van der Waals surface area contributed by atoms with Gasteiger partial charge in [0.1, 0.15) is 0 Å². The van der Waals surface area contributed by atoms with Gasteiger partial charge in [0.2, 0.25) is 11.2 Å². The Morgan fingerprint density at radius 2 is 2.32 bits per heavy atom. The van der Waals surface area contributed by atoms with Gasteiger partial charge in [0.05, 0.1) is 6.61 Å². The highest BCUT2D eigenvalue weighted by molar-refractivity contribution is 7.10. The van der Waals surface area contributed by atoms with Gasteiger partial charge in [0.25, 0.3) is 0 Å². The van der Waals surface area contributed by atoms with Crippen molar-refractivity contribution >= 4 is 28.9 Å². The van der Waals surface area contributed by atoms with E-state index in [9.17, 15) is 0 Å². The molecule has 2 aromatic heterocycles. The van der Waals surface area contributed by atoms with Crippen LogP contribution in [0, 0.1) is 0 Å². The molecule has 19 heavy (non-hydrogen) atoms. The van der Waals surface area contributed by atoms with Crippen molar-refractivity contribution in [2.75, 3.05) is 18.1 Å². The maximum Gasteiger partial charge on any atom is 0.322 e. The molecule has 0 fully saturated rings. The van der Waals surface area contributed by atoms with Gasteiger partial charge in [0, 0.05) is 18.0 Å². The minimum Gasteiger partial charge on any atom is -0.464 e. The van der Waals surface area contributed by atoms with Crippen molar-refractivity contribution in [3.8, 4) is 6.01 Å². The van der Waals surface area contributed by atoms with Crippen LogP contribution < -0.4 is 9.64 Å². The molecular formula is C12H13ClN4OS. The Bertz CT molecular complexity index is 589. The molecule has 0 saturated heterocycles. The van der Waals surface area contributed by atoms with Gasteiger partial charge in [-0.3, -0.25) is 0 Å². The Kier molecular flexibility index (Phi) is 3.52. The van der Waals surface area contributed by atoms with Crippen LogP contribution >= 0.6 is 22.9 Å². The summed E-state index contributed by atoms with van der Waals surface area (Å²) in [5, 5.41) is 2.30. The highest BCUT2D eigenvalue weighted by atomic mass is 35.5. The molecule has 2 aromatic rings. The smallest absolute Gasteiger partial charge is 0.322 e. The molecule has 3 rings (SSSR count). The third-order valence-electron chi connectivity index (χ3n) is 2.94. The van der Waals surface area contributed by atoms with Gasteiger partial charge in [-0.1, -0.05) is 0 Å². The Hall–Kier alpha value is -1.40. The molecule has 3 heterocycles. The van der Waals surface area contributed by atoms with Crippen LogP contribution in [0.5, 0.6) is 6.01 Å². The molecule has 0 aliphatic carbocycles. The monoisotopic (exact) mass is 296 g/mol. The zero-order valence-corrected chi connectivity index (χ0v) is 12.0. The summed E-state index contributed by atoms with van der Waals surface area (Å²) in [5.74, 6) is 0.584. The van der Waals surface area contributed by atoms with E-state index in [0.29, 0.717) is 12.6 Å². The molecule has 0 bridgehead atoms. The Morgan fingerprint density at radius 3 is 3.16 bits per heavy atom. The zero-order chi connectivity index (χ0) is 13.2. The van der Waals surface area contributed by atoms with Crippen molar-refractivity contribution in [1.82, 2.24) is 15.0 Å². The molecule has 1 aliphatic heterocycles. The van der Waals surface area contributed by atoms with Crippen molar-refractivity contribution in [2.45, 2.75) is 19.9 Å². The normalized spacial score (nSPS) is 14.3. The predicted octanol–water partition coefficient (Wildman–Crippen LogP) is 2.55.